The van der Waals surface area contributed by atoms with Gasteiger partial charge < -0.3 is 11.5 Å². The summed E-state index contributed by atoms with van der Waals surface area (Å²) in [5, 5.41) is 0.0243. The van der Waals surface area contributed by atoms with Gasteiger partial charge in [-0.1, -0.05) is 11.6 Å². The Morgan fingerprint density at radius 3 is 2.24 bits per heavy atom. The highest BCUT2D eigenvalue weighted by molar-refractivity contribution is 7.92. The minimum Gasteiger partial charge on any atom is -0.399 e. The van der Waals surface area contributed by atoms with Crippen molar-refractivity contribution >= 4 is 38.9 Å². The van der Waals surface area contributed by atoms with Crippen molar-refractivity contribution in [3.8, 4) is 0 Å². The lowest BCUT2D eigenvalue weighted by atomic mass is 10.2. The molecule has 0 heterocycles. The van der Waals surface area contributed by atoms with E-state index in [0.29, 0.717) is 5.69 Å². The maximum Gasteiger partial charge on any atom is 0.263 e. The largest absolute Gasteiger partial charge is 0.399 e. The number of amides is 1. The van der Waals surface area contributed by atoms with E-state index in [1.807, 2.05) is 0 Å². The van der Waals surface area contributed by atoms with E-state index >= 15 is 0 Å². The monoisotopic (exact) mass is 325 g/mol. The van der Waals surface area contributed by atoms with Crippen molar-refractivity contribution in [3.05, 3.63) is 53.1 Å². The minimum absolute atomic E-state index is 0.0243. The van der Waals surface area contributed by atoms with Crippen LogP contribution in [0.3, 0.4) is 0 Å². The first kappa shape index (κ1) is 15.1. The van der Waals surface area contributed by atoms with E-state index in [4.69, 9.17) is 23.1 Å². The number of nitrogens with one attached hydrogen (secondary N) is 1. The summed E-state index contributed by atoms with van der Waals surface area (Å²) >= 11 is 5.89. The number of benzene rings is 2. The molecule has 0 aliphatic carbocycles. The van der Waals surface area contributed by atoms with Crippen molar-refractivity contribution in [2.75, 3.05) is 10.5 Å². The molecule has 6 nitrogen and oxygen atoms in total. The number of primary amides is 1. The summed E-state index contributed by atoms with van der Waals surface area (Å²) in [6.07, 6.45) is 0. The van der Waals surface area contributed by atoms with Crippen LogP contribution in [0.25, 0.3) is 0 Å². The lowest BCUT2D eigenvalue weighted by molar-refractivity contribution is 0.100. The van der Waals surface area contributed by atoms with Crippen LogP contribution in [0.4, 0.5) is 11.4 Å². The molecule has 0 atom stereocenters. The molecule has 5 N–H and O–H groups in total. The van der Waals surface area contributed by atoms with Crippen molar-refractivity contribution in [1.82, 2.24) is 0 Å². The lowest BCUT2D eigenvalue weighted by Crippen LogP contribution is -2.14. The van der Waals surface area contributed by atoms with Gasteiger partial charge >= 0.3 is 0 Å². The van der Waals surface area contributed by atoms with E-state index in [2.05, 4.69) is 4.72 Å². The van der Waals surface area contributed by atoms with Gasteiger partial charge in [-0.2, -0.15) is 0 Å². The predicted octanol–water partition coefficient (Wildman–Crippen LogP) is 1.82. The first-order chi connectivity index (χ1) is 9.79. The third kappa shape index (κ3) is 3.45. The van der Waals surface area contributed by atoms with E-state index < -0.39 is 15.9 Å². The maximum atomic E-state index is 12.2. The van der Waals surface area contributed by atoms with Gasteiger partial charge in [-0.15, -0.1) is 0 Å². The van der Waals surface area contributed by atoms with Crippen LogP contribution >= 0.6 is 11.6 Å². The summed E-state index contributed by atoms with van der Waals surface area (Å²) in [6, 6.07) is 9.82. The van der Waals surface area contributed by atoms with E-state index in [1.54, 1.807) is 0 Å². The number of sulfonamides is 1. The third-order valence-electron chi connectivity index (χ3n) is 2.67. The van der Waals surface area contributed by atoms with Crippen molar-refractivity contribution < 1.29 is 13.2 Å². The van der Waals surface area contributed by atoms with E-state index in [0.717, 1.165) is 0 Å². The third-order valence-corrected chi connectivity index (χ3v) is 4.53. The number of carbonyl (C=O) groups is 1. The van der Waals surface area contributed by atoms with Gasteiger partial charge in [0.2, 0.25) is 5.91 Å². The van der Waals surface area contributed by atoms with E-state index in [9.17, 15) is 13.2 Å². The fraction of sp³-hybridized carbons (Fsp3) is 0. The van der Waals surface area contributed by atoms with Gasteiger partial charge in [-0.3, -0.25) is 9.52 Å². The average molecular weight is 326 g/mol. The summed E-state index contributed by atoms with van der Waals surface area (Å²) < 4.78 is 26.8. The highest BCUT2D eigenvalue weighted by atomic mass is 35.5. The van der Waals surface area contributed by atoms with Crippen LogP contribution in [0.5, 0.6) is 0 Å². The van der Waals surface area contributed by atoms with Crippen LogP contribution < -0.4 is 16.2 Å². The van der Waals surface area contributed by atoms with E-state index in [-0.39, 0.29) is 21.2 Å². The normalized spacial score (nSPS) is 11.1. The van der Waals surface area contributed by atoms with Crippen molar-refractivity contribution in [1.29, 1.82) is 0 Å². The molecule has 0 aliphatic heterocycles. The van der Waals surface area contributed by atoms with Crippen LogP contribution in [-0.2, 0) is 10.0 Å². The summed E-state index contributed by atoms with van der Waals surface area (Å²) in [4.78, 5) is 10.9. The molecule has 0 saturated carbocycles. The zero-order valence-electron chi connectivity index (χ0n) is 10.7. The first-order valence-corrected chi connectivity index (χ1v) is 7.63. The number of hydrogen-bond donors (Lipinski definition) is 3. The molecule has 0 radical (unpaired) electrons. The molecule has 0 saturated heterocycles. The van der Waals surface area contributed by atoms with Crippen LogP contribution in [0, 0.1) is 0 Å². The van der Waals surface area contributed by atoms with Gasteiger partial charge in [-0.25, -0.2) is 8.42 Å². The van der Waals surface area contributed by atoms with Gasteiger partial charge in [0.25, 0.3) is 10.0 Å². The number of rotatable bonds is 4. The maximum absolute atomic E-state index is 12.2. The van der Waals surface area contributed by atoms with Gasteiger partial charge in [0.1, 0.15) is 4.90 Å². The van der Waals surface area contributed by atoms with Crippen molar-refractivity contribution in [3.63, 3.8) is 0 Å². The Kier molecular flexibility index (Phi) is 4.06. The average Bonchev–Trinajstić information content (AvgIpc) is 2.38. The number of halogens is 1. The second-order valence-electron chi connectivity index (χ2n) is 4.24. The molecular weight excluding hydrogens is 314 g/mol. The zero-order chi connectivity index (χ0) is 15.6. The van der Waals surface area contributed by atoms with E-state index in [1.165, 1.54) is 42.5 Å². The van der Waals surface area contributed by atoms with Crippen LogP contribution in [0.15, 0.2) is 47.4 Å². The lowest BCUT2D eigenvalue weighted by Gasteiger charge is -2.10. The van der Waals surface area contributed by atoms with Gasteiger partial charge in [0, 0.05) is 16.9 Å². The van der Waals surface area contributed by atoms with Gasteiger partial charge in [-0.05, 0) is 42.5 Å². The summed E-state index contributed by atoms with van der Waals surface area (Å²) in [6.45, 7) is 0. The van der Waals surface area contributed by atoms with Crippen molar-refractivity contribution in [2.24, 2.45) is 5.73 Å². The molecule has 0 bridgehead atoms. The standard InChI is InChI=1S/C13H12ClN3O3S/c14-11-7-9(15)3-6-12(11)21(19,20)17-10-4-1-8(2-5-10)13(16)18/h1-7,17H,15H2,(H2,16,18). The molecule has 8 heteroatoms. The van der Waals surface area contributed by atoms with Crippen LogP contribution in [0.2, 0.25) is 5.02 Å². The Bertz CT molecular complexity index is 789. The minimum atomic E-state index is -3.85. The number of nitrogen functional groups attached to an aromatic ring is 1. The van der Waals surface area contributed by atoms with Crippen molar-refractivity contribution in [2.45, 2.75) is 4.90 Å². The molecule has 0 unspecified atom stereocenters. The SMILES string of the molecule is NC(=O)c1ccc(NS(=O)(=O)c2ccc(N)cc2Cl)cc1. The highest BCUT2D eigenvalue weighted by Crippen LogP contribution is 2.25. The topological polar surface area (TPSA) is 115 Å². The Morgan fingerprint density at radius 2 is 1.71 bits per heavy atom. The second-order valence-corrected chi connectivity index (χ2v) is 6.29. The Labute approximate surface area is 126 Å². The van der Waals surface area contributed by atoms with Crippen LogP contribution in [-0.4, -0.2) is 14.3 Å². The molecular formula is C13H12ClN3O3S. The quantitative estimate of drug-likeness (QED) is 0.743. The molecule has 2 aromatic rings. The van der Waals surface area contributed by atoms with Gasteiger partial charge in [0.15, 0.2) is 0 Å². The number of hydrogen-bond acceptors (Lipinski definition) is 4. The second kappa shape index (κ2) is 5.63. The first-order valence-electron chi connectivity index (χ1n) is 5.77. The number of anilines is 2. The number of nitrogens with two attached hydrogens (primary N) is 2. The summed E-state index contributed by atoms with van der Waals surface area (Å²) in [5.74, 6) is -0.592. The molecule has 110 valence electrons. The molecule has 1 amide bonds. The Hall–Kier alpha value is -2.25. The molecule has 2 aromatic carbocycles. The zero-order valence-corrected chi connectivity index (χ0v) is 12.3. The Morgan fingerprint density at radius 1 is 1.10 bits per heavy atom. The molecule has 0 aromatic heterocycles. The molecule has 0 aliphatic rings. The molecule has 0 spiro atoms. The highest BCUT2D eigenvalue weighted by Gasteiger charge is 2.18. The smallest absolute Gasteiger partial charge is 0.263 e. The summed E-state index contributed by atoms with van der Waals surface area (Å²) in [5.41, 5.74) is 11.6. The molecule has 0 fully saturated rings. The van der Waals surface area contributed by atoms with Gasteiger partial charge in [0.05, 0.1) is 5.02 Å². The fourth-order valence-corrected chi connectivity index (χ4v) is 3.26. The Balaban J connectivity index is 2.30. The summed E-state index contributed by atoms with van der Waals surface area (Å²) in [7, 11) is -3.85. The predicted molar refractivity (Wildman–Crippen MR) is 81.6 cm³/mol. The van der Waals surface area contributed by atoms with Crippen LogP contribution in [0.1, 0.15) is 10.4 Å². The molecule has 2 rings (SSSR count). The number of carbonyl (C=O) groups excluding carboxylic acids is 1. The fourth-order valence-electron chi connectivity index (χ4n) is 1.65. The molecule has 21 heavy (non-hydrogen) atoms.